The summed E-state index contributed by atoms with van der Waals surface area (Å²) in [5.74, 6) is 0.163. The van der Waals surface area contributed by atoms with Gasteiger partial charge in [-0.3, -0.25) is 4.79 Å². The van der Waals surface area contributed by atoms with Crippen molar-refractivity contribution in [2.45, 2.75) is 6.54 Å². The summed E-state index contributed by atoms with van der Waals surface area (Å²) < 4.78 is 30.0. The Morgan fingerprint density at radius 3 is 2.58 bits per heavy atom. The molecule has 0 fully saturated rings. The molecule has 6 nitrogen and oxygen atoms in total. The highest BCUT2D eigenvalue weighted by molar-refractivity contribution is 7.88. The van der Waals surface area contributed by atoms with Gasteiger partial charge in [-0.05, 0) is 30.3 Å². The summed E-state index contributed by atoms with van der Waals surface area (Å²) in [5.41, 5.74) is 0.348. The van der Waals surface area contributed by atoms with Crippen molar-refractivity contribution >= 4 is 39.1 Å². The molecule has 0 radical (unpaired) electrons. The Morgan fingerprint density at radius 2 is 2.00 bits per heavy atom. The normalized spacial score (nSPS) is 11.7. The maximum atomic E-state index is 12.1. The molecule has 1 heterocycles. The maximum Gasteiger partial charge on any atom is 0.251 e. The van der Waals surface area contributed by atoms with E-state index in [1.807, 2.05) is 0 Å². The lowest BCUT2D eigenvalue weighted by molar-refractivity contribution is 0.0951. The van der Waals surface area contributed by atoms with E-state index in [1.54, 1.807) is 18.2 Å². The maximum absolute atomic E-state index is 12.1. The molecule has 0 saturated carbocycles. The molecule has 0 spiro atoms. The van der Waals surface area contributed by atoms with Crippen LogP contribution in [0.5, 0.6) is 0 Å². The summed E-state index contributed by atoms with van der Waals surface area (Å²) in [7, 11) is -3.43. The van der Waals surface area contributed by atoms with Gasteiger partial charge in [-0.1, -0.05) is 23.2 Å². The summed E-state index contributed by atoms with van der Waals surface area (Å²) in [6.07, 6.45) is 2.58. The second kappa shape index (κ2) is 8.02. The van der Waals surface area contributed by atoms with Crippen molar-refractivity contribution in [1.82, 2.24) is 9.62 Å². The Morgan fingerprint density at radius 1 is 1.25 bits per heavy atom. The molecule has 0 bridgehead atoms. The molecular formula is C15H16Cl2N2O4S. The SMILES string of the molecule is CS(=O)(=O)N(CCNC(=O)c1ccc(Cl)c(Cl)c1)Cc1ccco1. The van der Waals surface area contributed by atoms with Crippen LogP contribution in [0.1, 0.15) is 16.1 Å². The van der Waals surface area contributed by atoms with Gasteiger partial charge in [0, 0.05) is 18.7 Å². The first-order valence-corrected chi connectivity index (χ1v) is 9.58. The highest BCUT2D eigenvalue weighted by Gasteiger charge is 2.18. The van der Waals surface area contributed by atoms with Crippen LogP contribution in [0.3, 0.4) is 0 Å². The molecule has 1 N–H and O–H groups in total. The molecule has 0 atom stereocenters. The fraction of sp³-hybridized carbons (Fsp3) is 0.267. The van der Waals surface area contributed by atoms with Crippen LogP contribution in [0.25, 0.3) is 0 Å². The van der Waals surface area contributed by atoms with Gasteiger partial charge in [0.1, 0.15) is 5.76 Å². The van der Waals surface area contributed by atoms with Gasteiger partial charge in [-0.25, -0.2) is 8.42 Å². The molecule has 0 aliphatic carbocycles. The molecule has 0 saturated heterocycles. The van der Waals surface area contributed by atoms with Crippen LogP contribution in [-0.4, -0.2) is 38.0 Å². The number of hydrogen-bond acceptors (Lipinski definition) is 4. The van der Waals surface area contributed by atoms with Crippen molar-refractivity contribution in [2.24, 2.45) is 0 Å². The average molecular weight is 391 g/mol. The number of carbonyl (C=O) groups is 1. The first kappa shape index (κ1) is 18.8. The molecule has 0 unspecified atom stereocenters. The molecule has 1 amide bonds. The minimum absolute atomic E-state index is 0.106. The van der Waals surface area contributed by atoms with Crippen LogP contribution in [0.4, 0.5) is 0 Å². The largest absolute Gasteiger partial charge is 0.468 e. The van der Waals surface area contributed by atoms with E-state index >= 15 is 0 Å². The summed E-state index contributed by atoms with van der Waals surface area (Å²) in [4.78, 5) is 12.1. The highest BCUT2D eigenvalue weighted by Crippen LogP contribution is 2.22. The average Bonchev–Trinajstić information content (AvgIpc) is 3.01. The van der Waals surface area contributed by atoms with Gasteiger partial charge in [0.25, 0.3) is 5.91 Å². The zero-order valence-electron chi connectivity index (χ0n) is 12.8. The quantitative estimate of drug-likeness (QED) is 0.787. The Kier molecular flexibility index (Phi) is 6.28. The Bertz CT molecular complexity index is 807. The summed E-state index contributed by atoms with van der Waals surface area (Å²) >= 11 is 11.7. The predicted octanol–water partition coefficient (Wildman–Crippen LogP) is 2.78. The van der Waals surface area contributed by atoms with Crippen LogP contribution in [0.15, 0.2) is 41.0 Å². The zero-order valence-corrected chi connectivity index (χ0v) is 15.2. The molecule has 1 aromatic carbocycles. The first-order valence-electron chi connectivity index (χ1n) is 6.98. The van der Waals surface area contributed by atoms with E-state index in [4.69, 9.17) is 27.6 Å². The van der Waals surface area contributed by atoms with E-state index in [2.05, 4.69) is 5.32 Å². The molecule has 0 aliphatic heterocycles. The number of rotatable bonds is 7. The van der Waals surface area contributed by atoms with Crippen LogP contribution in [0, 0.1) is 0 Å². The molecule has 24 heavy (non-hydrogen) atoms. The number of halogens is 2. The van der Waals surface area contributed by atoms with Crippen molar-refractivity contribution in [3.05, 3.63) is 58.0 Å². The molecule has 130 valence electrons. The van der Waals surface area contributed by atoms with Crippen LogP contribution in [0.2, 0.25) is 10.0 Å². The van der Waals surface area contributed by atoms with E-state index < -0.39 is 10.0 Å². The van der Waals surface area contributed by atoms with Gasteiger partial charge in [0.05, 0.1) is 29.1 Å². The molecule has 9 heteroatoms. The Labute approximate surface area is 150 Å². The number of carbonyl (C=O) groups excluding carboxylic acids is 1. The number of amides is 1. The monoisotopic (exact) mass is 390 g/mol. The smallest absolute Gasteiger partial charge is 0.251 e. The summed E-state index contributed by atoms with van der Waals surface area (Å²) in [6.45, 7) is 0.369. The van der Waals surface area contributed by atoms with Gasteiger partial charge in [-0.2, -0.15) is 4.31 Å². The van der Waals surface area contributed by atoms with Crippen molar-refractivity contribution in [2.75, 3.05) is 19.3 Å². The van der Waals surface area contributed by atoms with Crippen molar-refractivity contribution < 1.29 is 17.6 Å². The second-order valence-corrected chi connectivity index (χ2v) is 7.86. The van der Waals surface area contributed by atoms with Crippen LogP contribution < -0.4 is 5.32 Å². The van der Waals surface area contributed by atoms with Gasteiger partial charge in [0.2, 0.25) is 10.0 Å². The molecule has 0 aliphatic rings. The van der Waals surface area contributed by atoms with Crippen molar-refractivity contribution in [1.29, 1.82) is 0 Å². The van der Waals surface area contributed by atoms with Crippen LogP contribution in [-0.2, 0) is 16.6 Å². The van der Waals surface area contributed by atoms with Gasteiger partial charge in [-0.15, -0.1) is 0 Å². The van der Waals surface area contributed by atoms with Gasteiger partial charge < -0.3 is 9.73 Å². The highest BCUT2D eigenvalue weighted by atomic mass is 35.5. The third kappa shape index (κ3) is 5.24. The van der Waals surface area contributed by atoms with E-state index in [0.717, 1.165) is 6.26 Å². The number of nitrogens with zero attached hydrogens (tertiary/aromatic N) is 1. The van der Waals surface area contributed by atoms with E-state index in [0.29, 0.717) is 16.3 Å². The lowest BCUT2D eigenvalue weighted by Crippen LogP contribution is -2.37. The third-order valence-electron chi connectivity index (χ3n) is 3.21. The first-order chi connectivity index (χ1) is 11.3. The fourth-order valence-corrected chi connectivity index (χ4v) is 3.05. The number of nitrogens with one attached hydrogen (secondary N) is 1. The number of benzene rings is 1. The van der Waals surface area contributed by atoms with Crippen LogP contribution >= 0.6 is 23.2 Å². The third-order valence-corrected chi connectivity index (χ3v) is 5.20. The van der Waals surface area contributed by atoms with E-state index in [1.165, 1.54) is 22.7 Å². The minimum Gasteiger partial charge on any atom is -0.468 e. The summed E-state index contributed by atoms with van der Waals surface area (Å²) in [6, 6.07) is 7.89. The lowest BCUT2D eigenvalue weighted by Gasteiger charge is -2.19. The lowest BCUT2D eigenvalue weighted by atomic mass is 10.2. The molecular weight excluding hydrogens is 375 g/mol. The van der Waals surface area contributed by atoms with Gasteiger partial charge in [0.15, 0.2) is 0 Å². The van der Waals surface area contributed by atoms with E-state index in [-0.39, 0.29) is 30.6 Å². The minimum atomic E-state index is -3.43. The van der Waals surface area contributed by atoms with Gasteiger partial charge >= 0.3 is 0 Å². The number of furan rings is 1. The van der Waals surface area contributed by atoms with Crippen molar-refractivity contribution in [3.63, 3.8) is 0 Å². The Balaban J connectivity index is 1.94. The Hall–Kier alpha value is -1.54. The second-order valence-electron chi connectivity index (χ2n) is 5.06. The number of hydrogen-bond donors (Lipinski definition) is 1. The predicted molar refractivity (Wildman–Crippen MR) is 92.8 cm³/mol. The number of sulfonamides is 1. The topological polar surface area (TPSA) is 79.6 Å². The van der Waals surface area contributed by atoms with E-state index in [9.17, 15) is 13.2 Å². The molecule has 2 rings (SSSR count). The zero-order chi connectivity index (χ0) is 17.7. The summed E-state index contributed by atoms with van der Waals surface area (Å²) in [5, 5.41) is 3.28. The van der Waals surface area contributed by atoms with Crippen molar-refractivity contribution in [3.8, 4) is 0 Å². The fourth-order valence-electron chi connectivity index (χ4n) is 1.97. The standard InChI is InChI=1S/C15H16Cl2N2O4S/c1-24(21,22)19(10-12-3-2-8-23-12)7-6-18-15(20)11-4-5-13(16)14(17)9-11/h2-5,8-9H,6-7,10H2,1H3,(H,18,20). The molecule has 2 aromatic rings. The molecule has 1 aromatic heterocycles.